The van der Waals surface area contributed by atoms with Crippen LogP contribution >= 0.6 is 0 Å². The van der Waals surface area contributed by atoms with Gasteiger partial charge in [-0.1, -0.05) is 0 Å². The van der Waals surface area contributed by atoms with Crippen LogP contribution < -0.4 is 5.32 Å². The topological polar surface area (TPSA) is 93.4 Å². The van der Waals surface area contributed by atoms with E-state index in [4.69, 9.17) is 9.47 Å². The molecule has 0 aliphatic carbocycles. The molecule has 0 saturated carbocycles. The number of hydrogen-bond donors (Lipinski definition) is 1. The van der Waals surface area contributed by atoms with E-state index >= 15 is 0 Å². The van der Waals surface area contributed by atoms with Crippen LogP contribution in [0.4, 0.5) is 0 Å². The molecule has 7 heteroatoms. The number of ether oxygens (including phenoxy) is 2. The zero-order valence-corrected chi connectivity index (χ0v) is 18.1. The lowest BCUT2D eigenvalue weighted by atomic mass is 10.1. The summed E-state index contributed by atoms with van der Waals surface area (Å²) in [5.74, 6) is -0.757. The molecule has 2 heterocycles. The fraction of sp³-hybridized carbons (Fsp3) is 0.375. The van der Waals surface area contributed by atoms with Gasteiger partial charge in [-0.3, -0.25) is 4.79 Å². The van der Waals surface area contributed by atoms with Crippen molar-refractivity contribution in [1.29, 1.82) is 5.26 Å². The lowest BCUT2D eigenvalue weighted by molar-refractivity contribution is -0.117. The Bertz CT molecular complexity index is 1020. The molecule has 2 aromatic rings. The number of carbonyl (C=O) groups excluding carboxylic acids is 2. The predicted molar refractivity (Wildman–Crippen MR) is 117 cm³/mol. The molecule has 0 radical (unpaired) electrons. The fourth-order valence-corrected chi connectivity index (χ4v) is 3.70. The van der Waals surface area contributed by atoms with Crippen LogP contribution in [0.15, 0.2) is 35.9 Å². The second-order valence-electron chi connectivity index (χ2n) is 7.44. The molecule has 1 N–H and O–H groups in total. The second-order valence-corrected chi connectivity index (χ2v) is 7.44. The molecular weight excluding hydrogens is 394 g/mol. The summed E-state index contributed by atoms with van der Waals surface area (Å²) in [6.07, 6.45) is 3.54. The van der Waals surface area contributed by atoms with Gasteiger partial charge in [-0.25, -0.2) is 4.79 Å². The van der Waals surface area contributed by atoms with E-state index in [0.29, 0.717) is 25.3 Å². The molecule has 1 aromatic carbocycles. The van der Waals surface area contributed by atoms with E-state index < -0.39 is 5.91 Å². The highest BCUT2D eigenvalue weighted by Crippen LogP contribution is 2.23. The molecule has 0 spiro atoms. The van der Waals surface area contributed by atoms with Crippen molar-refractivity contribution in [2.24, 2.45) is 0 Å². The Labute approximate surface area is 182 Å². The lowest BCUT2D eigenvalue weighted by Crippen LogP contribution is -2.32. The molecule has 3 rings (SSSR count). The number of hydrogen-bond acceptors (Lipinski definition) is 5. The summed E-state index contributed by atoms with van der Waals surface area (Å²) in [5, 5.41) is 12.3. The average Bonchev–Trinajstić information content (AvgIpc) is 3.38. The molecule has 1 saturated heterocycles. The van der Waals surface area contributed by atoms with Crippen molar-refractivity contribution in [3.8, 4) is 11.8 Å². The summed E-state index contributed by atoms with van der Waals surface area (Å²) in [5.41, 5.74) is 4.05. The highest BCUT2D eigenvalue weighted by atomic mass is 16.5. The first-order chi connectivity index (χ1) is 14.9. The van der Waals surface area contributed by atoms with Crippen LogP contribution in [0.1, 0.15) is 47.1 Å². The normalized spacial score (nSPS) is 16.1. The maximum atomic E-state index is 12.5. The monoisotopic (exact) mass is 421 g/mol. The van der Waals surface area contributed by atoms with Crippen LogP contribution in [0, 0.1) is 25.2 Å². The Morgan fingerprint density at radius 2 is 2.06 bits per heavy atom. The number of aromatic nitrogens is 1. The van der Waals surface area contributed by atoms with Crippen molar-refractivity contribution in [3.63, 3.8) is 0 Å². The largest absolute Gasteiger partial charge is 0.462 e. The van der Waals surface area contributed by atoms with Gasteiger partial charge in [0.25, 0.3) is 5.91 Å². The summed E-state index contributed by atoms with van der Waals surface area (Å²) in [6, 6.07) is 11.1. The molecule has 31 heavy (non-hydrogen) atoms. The Hall–Kier alpha value is -3.37. The van der Waals surface area contributed by atoms with Gasteiger partial charge in [0, 0.05) is 30.2 Å². The maximum absolute atomic E-state index is 12.5. The van der Waals surface area contributed by atoms with Crippen LogP contribution in [0.25, 0.3) is 11.8 Å². The molecule has 1 aliphatic heterocycles. The van der Waals surface area contributed by atoms with E-state index in [1.807, 2.05) is 42.7 Å². The number of esters is 1. The minimum absolute atomic E-state index is 0.0199. The third-order valence-electron chi connectivity index (χ3n) is 5.29. The summed E-state index contributed by atoms with van der Waals surface area (Å²) in [7, 11) is 0. The molecule has 1 aliphatic rings. The van der Waals surface area contributed by atoms with Gasteiger partial charge in [-0.05, 0) is 75.6 Å². The van der Waals surface area contributed by atoms with Gasteiger partial charge in [0.1, 0.15) is 11.6 Å². The van der Waals surface area contributed by atoms with Crippen LogP contribution in [-0.4, -0.2) is 42.3 Å². The molecular formula is C24H27N3O4. The van der Waals surface area contributed by atoms with Gasteiger partial charge in [-0.2, -0.15) is 5.26 Å². The summed E-state index contributed by atoms with van der Waals surface area (Å²) in [6.45, 7) is 7.10. The van der Waals surface area contributed by atoms with Crippen LogP contribution in [0.3, 0.4) is 0 Å². The van der Waals surface area contributed by atoms with Crippen LogP contribution in [-0.2, 0) is 14.3 Å². The van der Waals surface area contributed by atoms with Crippen molar-refractivity contribution >= 4 is 18.0 Å². The Morgan fingerprint density at radius 1 is 1.32 bits per heavy atom. The predicted octanol–water partition coefficient (Wildman–Crippen LogP) is 3.47. The Kier molecular flexibility index (Phi) is 7.27. The highest BCUT2D eigenvalue weighted by Gasteiger charge is 2.18. The quantitative estimate of drug-likeness (QED) is 0.420. The van der Waals surface area contributed by atoms with E-state index in [9.17, 15) is 14.9 Å². The van der Waals surface area contributed by atoms with E-state index in [1.165, 1.54) is 0 Å². The third kappa shape index (κ3) is 5.22. The number of nitriles is 1. The first kappa shape index (κ1) is 22.3. The third-order valence-corrected chi connectivity index (χ3v) is 5.29. The highest BCUT2D eigenvalue weighted by molar-refractivity contribution is 6.01. The summed E-state index contributed by atoms with van der Waals surface area (Å²) in [4.78, 5) is 24.3. The number of benzene rings is 1. The molecule has 1 aromatic heterocycles. The number of nitrogens with zero attached hydrogens (tertiary/aromatic N) is 2. The maximum Gasteiger partial charge on any atom is 0.338 e. The van der Waals surface area contributed by atoms with Crippen molar-refractivity contribution in [2.45, 2.75) is 39.7 Å². The molecule has 7 nitrogen and oxygen atoms in total. The van der Waals surface area contributed by atoms with Crippen LogP contribution in [0.2, 0.25) is 0 Å². The Balaban J connectivity index is 1.80. The van der Waals surface area contributed by atoms with E-state index in [2.05, 4.69) is 5.32 Å². The van der Waals surface area contributed by atoms with Gasteiger partial charge in [0.15, 0.2) is 0 Å². The first-order valence-corrected chi connectivity index (χ1v) is 10.4. The van der Waals surface area contributed by atoms with Crippen molar-refractivity contribution in [2.75, 3.05) is 19.8 Å². The number of amides is 1. The zero-order valence-electron chi connectivity index (χ0n) is 18.1. The van der Waals surface area contributed by atoms with E-state index in [0.717, 1.165) is 35.5 Å². The van der Waals surface area contributed by atoms with E-state index in [-0.39, 0.29) is 17.6 Å². The second kappa shape index (κ2) is 10.1. The van der Waals surface area contributed by atoms with Gasteiger partial charge in [-0.15, -0.1) is 0 Å². The smallest absolute Gasteiger partial charge is 0.338 e. The number of carbonyl (C=O) groups is 2. The van der Waals surface area contributed by atoms with E-state index in [1.54, 1.807) is 25.1 Å². The zero-order chi connectivity index (χ0) is 22.4. The van der Waals surface area contributed by atoms with Gasteiger partial charge in [0.05, 0.1) is 18.3 Å². The van der Waals surface area contributed by atoms with Gasteiger partial charge >= 0.3 is 5.97 Å². The molecule has 1 fully saturated rings. The minimum atomic E-state index is -0.401. The number of aryl methyl sites for hydroxylation is 1. The fourth-order valence-electron chi connectivity index (χ4n) is 3.70. The molecule has 0 bridgehead atoms. The van der Waals surface area contributed by atoms with Crippen molar-refractivity contribution in [3.05, 3.63) is 58.4 Å². The number of rotatable bonds is 7. The standard InChI is InChI=1S/C24H27N3O4/c1-4-30-24(29)18-7-9-21(10-8-18)27-16(2)12-19(17(27)3)13-20(14-25)23(28)26-15-22-6-5-11-31-22/h7-10,12-13,22H,4-6,11,15H2,1-3H3,(H,26,28). The van der Waals surface area contributed by atoms with Gasteiger partial charge < -0.3 is 19.4 Å². The summed E-state index contributed by atoms with van der Waals surface area (Å²) < 4.78 is 12.5. The number of nitrogens with one attached hydrogen (secondary N) is 1. The summed E-state index contributed by atoms with van der Waals surface area (Å²) >= 11 is 0. The van der Waals surface area contributed by atoms with Crippen molar-refractivity contribution < 1.29 is 19.1 Å². The van der Waals surface area contributed by atoms with Crippen LogP contribution in [0.5, 0.6) is 0 Å². The molecule has 162 valence electrons. The average molecular weight is 421 g/mol. The molecule has 1 amide bonds. The Morgan fingerprint density at radius 3 is 2.68 bits per heavy atom. The molecule has 1 unspecified atom stereocenters. The molecule has 1 atom stereocenters. The SMILES string of the molecule is CCOC(=O)c1ccc(-n2c(C)cc(C=C(C#N)C(=O)NCC3CCCO3)c2C)cc1. The first-order valence-electron chi connectivity index (χ1n) is 10.4. The van der Waals surface area contributed by atoms with Gasteiger partial charge in [0.2, 0.25) is 0 Å². The minimum Gasteiger partial charge on any atom is -0.462 e. The lowest BCUT2D eigenvalue weighted by Gasteiger charge is -2.11. The van der Waals surface area contributed by atoms with Crippen molar-refractivity contribution in [1.82, 2.24) is 9.88 Å².